The van der Waals surface area contributed by atoms with Gasteiger partial charge in [-0.3, -0.25) is 14.5 Å². The molecule has 2 aliphatic rings. The molecular weight excluding hydrogens is 497 g/mol. The molecule has 0 radical (unpaired) electrons. The molecule has 0 spiro atoms. The van der Waals surface area contributed by atoms with Crippen LogP contribution in [0, 0.1) is 5.41 Å². The van der Waals surface area contributed by atoms with Crippen molar-refractivity contribution in [2.45, 2.75) is 51.1 Å². The number of carboxylic acid groups (broad SMARTS) is 1. The fourth-order valence-corrected chi connectivity index (χ4v) is 6.01. The van der Waals surface area contributed by atoms with Gasteiger partial charge in [-0.25, -0.2) is 0 Å². The minimum atomic E-state index is -0.948. The zero-order valence-corrected chi connectivity index (χ0v) is 22.1. The molecule has 194 valence electrons. The molecule has 8 heteroatoms. The molecule has 6 nitrogen and oxygen atoms in total. The highest BCUT2D eigenvalue weighted by molar-refractivity contribution is 6.35. The van der Waals surface area contributed by atoms with Crippen molar-refractivity contribution in [3.8, 4) is 0 Å². The molecule has 0 bridgehead atoms. The number of likely N-dealkylation sites (tertiary alicyclic amines) is 2. The number of amides is 1. The molecule has 0 saturated carbocycles. The standard InChI is InChI=1S/C28H35Cl2N3O3/c29-24-9-4-10-25(30)23(24)19-33-17-13-28(20-33,18-26(34)35)27(36)31-22-11-15-32(16-12-22)14-5-8-21-6-2-1-3-7-21/h1-4,6-7,9-10,22H,5,8,11-20H2,(H,31,36)(H,34,35)/t28-/m1/s1. The van der Waals surface area contributed by atoms with Crippen LogP contribution in [0.3, 0.4) is 0 Å². The Morgan fingerprint density at radius 2 is 1.67 bits per heavy atom. The normalized spacial score (nSPS) is 21.5. The van der Waals surface area contributed by atoms with Crippen LogP contribution in [0.2, 0.25) is 10.0 Å². The van der Waals surface area contributed by atoms with Gasteiger partial charge in [-0.2, -0.15) is 0 Å². The van der Waals surface area contributed by atoms with Crippen LogP contribution in [0.25, 0.3) is 0 Å². The van der Waals surface area contributed by atoms with Crippen molar-refractivity contribution in [1.29, 1.82) is 0 Å². The Balaban J connectivity index is 1.28. The third-order valence-corrected chi connectivity index (χ3v) is 8.26. The van der Waals surface area contributed by atoms with Crippen LogP contribution in [0.1, 0.15) is 43.2 Å². The lowest BCUT2D eigenvalue weighted by Gasteiger charge is -2.35. The summed E-state index contributed by atoms with van der Waals surface area (Å²) in [6.07, 6.45) is 4.30. The number of halogens is 2. The van der Waals surface area contributed by atoms with Crippen LogP contribution < -0.4 is 5.32 Å². The third kappa shape index (κ3) is 7.00. The molecule has 1 atom stereocenters. The second kappa shape index (κ2) is 12.4. The van der Waals surface area contributed by atoms with Crippen molar-refractivity contribution < 1.29 is 14.7 Å². The summed E-state index contributed by atoms with van der Waals surface area (Å²) in [4.78, 5) is 29.7. The Kier molecular flexibility index (Phi) is 9.29. The number of rotatable bonds is 10. The van der Waals surface area contributed by atoms with Crippen molar-refractivity contribution >= 4 is 35.1 Å². The van der Waals surface area contributed by atoms with Crippen LogP contribution in [-0.2, 0) is 22.6 Å². The van der Waals surface area contributed by atoms with Crippen molar-refractivity contribution in [1.82, 2.24) is 15.1 Å². The summed E-state index contributed by atoms with van der Waals surface area (Å²) in [7, 11) is 0. The molecule has 2 N–H and O–H groups in total. The Morgan fingerprint density at radius 3 is 2.33 bits per heavy atom. The van der Waals surface area contributed by atoms with Gasteiger partial charge in [-0.15, -0.1) is 0 Å². The van der Waals surface area contributed by atoms with E-state index in [2.05, 4.69) is 39.4 Å². The minimum Gasteiger partial charge on any atom is -0.481 e. The molecule has 36 heavy (non-hydrogen) atoms. The van der Waals surface area contributed by atoms with Crippen LogP contribution in [-0.4, -0.2) is 65.5 Å². The highest BCUT2D eigenvalue weighted by atomic mass is 35.5. The summed E-state index contributed by atoms with van der Waals surface area (Å²) < 4.78 is 0. The average molecular weight is 533 g/mol. The Morgan fingerprint density at radius 1 is 0.972 bits per heavy atom. The van der Waals surface area contributed by atoms with Gasteiger partial charge in [-0.05, 0) is 62.9 Å². The number of hydrogen-bond donors (Lipinski definition) is 2. The van der Waals surface area contributed by atoms with Gasteiger partial charge in [0.2, 0.25) is 5.91 Å². The fraction of sp³-hybridized carbons (Fsp3) is 0.500. The highest BCUT2D eigenvalue weighted by Crippen LogP contribution is 2.37. The molecule has 0 aromatic heterocycles. The molecular formula is C28H35Cl2N3O3. The van der Waals surface area contributed by atoms with Gasteiger partial charge in [0, 0.05) is 47.8 Å². The minimum absolute atomic E-state index is 0.0839. The lowest BCUT2D eigenvalue weighted by Crippen LogP contribution is -2.51. The van der Waals surface area contributed by atoms with E-state index in [1.807, 2.05) is 6.07 Å². The molecule has 4 rings (SSSR count). The van der Waals surface area contributed by atoms with E-state index in [-0.39, 0.29) is 18.4 Å². The van der Waals surface area contributed by atoms with E-state index in [9.17, 15) is 14.7 Å². The van der Waals surface area contributed by atoms with Gasteiger partial charge >= 0.3 is 5.97 Å². The molecule has 2 aromatic rings. The first-order chi connectivity index (χ1) is 17.3. The molecule has 0 unspecified atom stereocenters. The molecule has 0 aliphatic carbocycles. The summed E-state index contributed by atoms with van der Waals surface area (Å²) >= 11 is 12.7. The Bertz CT molecular complexity index is 1020. The quantitative estimate of drug-likeness (QED) is 0.457. The number of piperidine rings is 1. The van der Waals surface area contributed by atoms with Gasteiger partial charge in [-0.1, -0.05) is 59.6 Å². The van der Waals surface area contributed by atoms with E-state index in [4.69, 9.17) is 23.2 Å². The Labute approximate surface area is 223 Å². The smallest absolute Gasteiger partial charge is 0.304 e. The van der Waals surface area contributed by atoms with E-state index < -0.39 is 11.4 Å². The van der Waals surface area contributed by atoms with Crippen LogP contribution in [0.4, 0.5) is 0 Å². The van der Waals surface area contributed by atoms with Gasteiger partial charge in [0.15, 0.2) is 0 Å². The lowest BCUT2D eigenvalue weighted by atomic mass is 9.82. The lowest BCUT2D eigenvalue weighted by molar-refractivity contribution is -0.145. The highest BCUT2D eigenvalue weighted by Gasteiger charge is 2.46. The number of aryl methyl sites for hydroxylation is 1. The zero-order chi connectivity index (χ0) is 25.5. The number of aliphatic carboxylic acids is 1. The molecule has 2 fully saturated rings. The monoisotopic (exact) mass is 531 g/mol. The van der Waals surface area contributed by atoms with Crippen molar-refractivity contribution in [3.63, 3.8) is 0 Å². The molecule has 2 aromatic carbocycles. The second-order valence-corrected chi connectivity index (χ2v) is 11.0. The first kappa shape index (κ1) is 26.9. The van der Waals surface area contributed by atoms with E-state index in [0.29, 0.717) is 36.1 Å². The first-order valence-corrected chi connectivity index (χ1v) is 13.5. The first-order valence-electron chi connectivity index (χ1n) is 12.8. The van der Waals surface area contributed by atoms with Gasteiger partial charge in [0.1, 0.15) is 0 Å². The fourth-order valence-electron chi connectivity index (χ4n) is 5.49. The average Bonchev–Trinajstić information content (AvgIpc) is 3.26. The largest absolute Gasteiger partial charge is 0.481 e. The second-order valence-electron chi connectivity index (χ2n) is 10.2. The molecule has 1 amide bonds. The zero-order valence-electron chi connectivity index (χ0n) is 20.6. The molecule has 2 heterocycles. The Hall–Kier alpha value is -2.12. The third-order valence-electron chi connectivity index (χ3n) is 7.55. The summed E-state index contributed by atoms with van der Waals surface area (Å²) in [5.74, 6) is -1.09. The van der Waals surface area contributed by atoms with Gasteiger partial charge in [0.05, 0.1) is 11.8 Å². The maximum atomic E-state index is 13.4. The van der Waals surface area contributed by atoms with Crippen molar-refractivity contribution in [2.24, 2.45) is 5.41 Å². The van der Waals surface area contributed by atoms with E-state index in [1.54, 1.807) is 18.2 Å². The number of carbonyl (C=O) groups is 2. The number of nitrogens with one attached hydrogen (secondary N) is 1. The summed E-state index contributed by atoms with van der Waals surface area (Å²) in [5.41, 5.74) is 1.24. The predicted octanol–water partition coefficient (Wildman–Crippen LogP) is 4.87. The summed E-state index contributed by atoms with van der Waals surface area (Å²) in [6.45, 7) is 4.45. The van der Waals surface area contributed by atoms with E-state index in [1.165, 1.54) is 5.56 Å². The van der Waals surface area contributed by atoms with Crippen LogP contribution >= 0.6 is 23.2 Å². The number of hydrogen-bond acceptors (Lipinski definition) is 4. The topological polar surface area (TPSA) is 72.9 Å². The maximum Gasteiger partial charge on any atom is 0.304 e. The van der Waals surface area contributed by atoms with Crippen LogP contribution in [0.15, 0.2) is 48.5 Å². The summed E-state index contributed by atoms with van der Waals surface area (Å²) in [6, 6.07) is 16.0. The predicted molar refractivity (Wildman–Crippen MR) is 143 cm³/mol. The number of carboxylic acids is 1. The number of benzene rings is 2. The van der Waals surface area contributed by atoms with Gasteiger partial charge in [0.25, 0.3) is 0 Å². The SMILES string of the molecule is O=C(O)C[C@]1(C(=O)NC2CCN(CCCc3ccccc3)CC2)CCN(Cc2c(Cl)cccc2Cl)C1. The molecule has 2 saturated heterocycles. The maximum absolute atomic E-state index is 13.4. The van der Waals surface area contributed by atoms with Gasteiger partial charge < -0.3 is 15.3 Å². The van der Waals surface area contributed by atoms with Crippen LogP contribution in [0.5, 0.6) is 0 Å². The molecule has 2 aliphatic heterocycles. The van der Waals surface area contributed by atoms with Crippen molar-refractivity contribution in [2.75, 3.05) is 32.7 Å². The number of nitrogens with zero attached hydrogens (tertiary/aromatic N) is 2. The number of carbonyl (C=O) groups excluding carboxylic acids is 1. The van der Waals surface area contributed by atoms with E-state index in [0.717, 1.165) is 50.9 Å². The van der Waals surface area contributed by atoms with E-state index >= 15 is 0 Å². The van der Waals surface area contributed by atoms with Crippen molar-refractivity contribution in [3.05, 3.63) is 69.7 Å². The summed E-state index contributed by atoms with van der Waals surface area (Å²) in [5, 5.41) is 14.0.